The molecule has 0 spiro atoms. The van der Waals surface area contributed by atoms with E-state index < -0.39 is 23.5 Å². The molecule has 0 saturated heterocycles. The maximum absolute atomic E-state index is 8.88. The van der Waals surface area contributed by atoms with Crippen molar-refractivity contribution in [2.24, 2.45) is 5.92 Å². The van der Waals surface area contributed by atoms with Crippen molar-refractivity contribution in [1.82, 2.24) is 0 Å². The summed E-state index contributed by atoms with van der Waals surface area (Å²) in [6, 6.07) is 0. The largest absolute Gasteiger partial charge is 0.466 e. The smallest absolute Gasteiger partial charge is 0.303 e. The Morgan fingerprint density at radius 1 is 0.750 bits per heavy atom. The molecule has 0 saturated carbocycles. The van der Waals surface area contributed by atoms with Crippen LogP contribution in [-0.2, 0) is 13.7 Å². The first-order valence-corrected chi connectivity index (χ1v) is 12.8. The van der Waals surface area contributed by atoms with Crippen molar-refractivity contribution in [3.63, 3.8) is 0 Å². The summed E-state index contributed by atoms with van der Waals surface area (Å²) in [5.41, 5.74) is 0. The fourth-order valence-electron chi connectivity index (χ4n) is 1.19. The summed E-state index contributed by atoms with van der Waals surface area (Å²) in [5.74, 6) is 1.07. The van der Waals surface area contributed by atoms with Gasteiger partial charge >= 0.3 is 101 Å². The first-order chi connectivity index (χ1) is 10.3. The van der Waals surface area contributed by atoms with Gasteiger partial charge in [-0.25, -0.2) is 13.7 Å². The minimum absolute atomic E-state index is 1.07. The van der Waals surface area contributed by atoms with Crippen molar-refractivity contribution < 1.29 is 57.7 Å². The van der Waals surface area contributed by atoms with Crippen molar-refractivity contribution in [2.75, 3.05) is 0 Å². The summed E-state index contributed by atoms with van der Waals surface area (Å²) in [6.07, 6.45) is 5.71. The molecular formula is C8H26NaO12P3. The molecule has 0 fully saturated rings. The molecule has 0 rings (SSSR count). The minimum atomic E-state index is -4.64. The molecule has 0 radical (unpaired) electrons. The Morgan fingerprint density at radius 2 is 1.00 bits per heavy atom. The van der Waals surface area contributed by atoms with Gasteiger partial charge in [-0.2, -0.15) is 0 Å². The van der Waals surface area contributed by atoms with E-state index in [0.29, 0.717) is 0 Å². The number of unbranched alkanes of at least 4 members (excludes halogenated alkanes) is 1. The first-order valence-electron chi connectivity index (χ1n) is 6.69. The van der Waals surface area contributed by atoms with Gasteiger partial charge in [-0.3, -0.25) is 0 Å². The van der Waals surface area contributed by atoms with Gasteiger partial charge in [0.1, 0.15) is 0 Å². The molecule has 1 unspecified atom stereocenters. The Balaban J connectivity index is -0.000000116. The maximum atomic E-state index is 8.88. The van der Waals surface area contributed by atoms with Crippen molar-refractivity contribution in [2.45, 2.75) is 43.2 Å². The number of hydrogen-bond acceptors (Lipinski definition) is 3. The molecular weight excluding hydrogens is 404 g/mol. The molecule has 0 aliphatic heterocycles. The zero-order valence-corrected chi connectivity index (χ0v) is 18.4. The minimum Gasteiger partial charge on any atom is -0.303 e. The van der Waals surface area contributed by atoms with Crippen LogP contribution in [0.5, 0.6) is 0 Å². The van der Waals surface area contributed by atoms with Crippen LogP contribution < -0.4 is 0 Å². The van der Waals surface area contributed by atoms with Crippen molar-refractivity contribution in [3.05, 3.63) is 0 Å². The fourth-order valence-corrected chi connectivity index (χ4v) is 2.18. The average Bonchev–Trinajstić information content (AvgIpc) is 2.23. The Morgan fingerprint density at radius 3 is 1.12 bits per heavy atom. The molecule has 0 aliphatic rings. The molecule has 0 heterocycles. The molecule has 0 bridgehead atoms. The molecule has 24 heavy (non-hydrogen) atoms. The number of phosphoric acid groups is 3. The normalized spacial score (nSPS) is 12.5. The van der Waals surface area contributed by atoms with Gasteiger partial charge in [-0.15, -0.1) is 0 Å². The van der Waals surface area contributed by atoms with E-state index in [1.54, 1.807) is 0 Å². The van der Waals surface area contributed by atoms with E-state index in [1.807, 2.05) is 0 Å². The third-order valence-electron chi connectivity index (χ3n) is 2.12. The zero-order valence-electron chi connectivity index (χ0n) is 13.7. The predicted molar refractivity (Wildman–Crippen MR) is 86.7 cm³/mol. The average molecular weight is 430 g/mol. The molecule has 0 aromatic rings. The van der Waals surface area contributed by atoms with Gasteiger partial charge in [0, 0.05) is 0 Å². The van der Waals surface area contributed by atoms with E-state index in [4.69, 9.17) is 57.7 Å². The summed E-state index contributed by atoms with van der Waals surface area (Å²) < 4.78 is 28.2. The van der Waals surface area contributed by atoms with E-state index in [1.165, 1.54) is 57.3 Å². The molecule has 146 valence electrons. The van der Waals surface area contributed by atoms with E-state index in [-0.39, 0.29) is 0 Å². The van der Waals surface area contributed by atoms with Gasteiger partial charge < -0.3 is 44.0 Å². The van der Waals surface area contributed by atoms with Gasteiger partial charge in [0.05, 0.1) is 0 Å². The first kappa shape index (κ1) is 33.0. The third-order valence-corrected chi connectivity index (χ3v) is 3.28. The van der Waals surface area contributed by atoms with E-state index in [0.717, 1.165) is 5.92 Å². The summed E-state index contributed by atoms with van der Waals surface area (Å²) >= 11 is 1.40. The second kappa shape index (κ2) is 17.7. The number of rotatable bonds is 5. The molecule has 9 N–H and O–H groups in total. The number of hydrogen-bond donors (Lipinski definition) is 9. The van der Waals surface area contributed by atoms with Crippen molar-refractivity contribution in [1.29, 1.82) is 0 Å². The molecule has 0 aromatic heterocycles. The van der Waals surface area contributed by atoms with Crippen LogP contribution in [0.4, 0.5) is 0 Å². The van der Waals surface area contributed by atoms with Crippen LogP contribution in [0.15, 0.2) is 0 Å². The van der Waals surface area contributed by atoms with Crippen LogP contribution in [0.25, 0.3) is 0 Å². The second-order valence-electron chi connectivity index (χ2n) is 4.36. The molecule has 1 atom stereocenters. The quantitative estimate of drug-likeness (QED) is 0.207. The van der Waals surface area contributed by atoms with Gasteiger partial charge in [-0.05, 0) is 0 Å². The molecule has 16 heteroatoms. The van der Waals surface area contributed by atoms with Gasteiger partial charge in [0.15, 0.2) is 0 Å². The van der Waals surface area contributed by atoms with Gasteiger partial charge in [0.25, 0.3) is 0 Å². The van der Waals surface area contributed by atoms with Crippen LogP contribution in [0.1, 0.15) is 39.5 Å². The van der Waals surface area contributed by atoms with Crippen molar-refractivity contribution >= 4 is 51.4 Å². The third kappa shape index (κ3) is 134. The van der Waals surface area contributed by atoms with Crippen LogP contribution in [0.3, 0.4) is 0 Å². The summed E-state index contributed by atoms with van der Waals surface area (Å²) in [4.78, 5) is 64.7. The van der Waals surface area contributed by atoms with Crippen LogP contribution in [0.2, 0.25) is 3.67 Å². The van der Waals surface area contributed by atoms with E-state index in [2.05, 4.69) is 13.8 Å². The topological polar surface area (TPSA) is 233 Å². The van der Waals surface area contributed by atoms with Crippen LogP contribution in [0, 0.1) is 5.92 Å². The summed E-state index contributed by atoms with van der Waals surface area (Å²) in [7, 11) is -13.9. The maximum Gasteiger partial charge on any atom is 0.466 e. The predicted octanol–water partition coefficient (Wildman–Crippen LogP) is 0.00380. The monoisotopic (exact) mass is 430 g/mol. The van der Waals surface area contributed by atoms with Crippen LogP contribution >= 0.6 is 23.5 Å². The van der Waals surface area contributed by atoms with Crippen LogP contribution in [-0.4, -0.2) is 72.0 Å². The standard InChI is InChI=1S/C8H17.Na.3H3O4P/c1-4-6-7-8(3)5-2;;3*1-5(2,3)4/h8H,3-7H2,1-2H3;;3*(H3,1,2,3,4). The van der Waals surface area contributed by atoms with Crippen molar-refractivity contribution in [3.8, 4) is 0 Å². The fraction of sp³-hybridized carbons (Fsp3) is 1.00. The second-order valence-corrected chi connectivity index (χ2v) is 8.26. The summed E-state index contributed by atoms with van der Waals surface area (Å²) in [6.45, 7) is 4.60. The van der Waals surface area contributed by atoms with Gasteiger partial charge in [-0.1, -0.05) is 0 Å². The Kier molecular flexibility index (Phi) is 24.3. The molecule has 0 amide bonds. The Hall–Kier alpha value is 1.33. The van der Waals surface area contributed by atoms with E-state index >= 15 is 0 Å². The SMILES string of the molecule is CCCCC(CC)[CH2][Na].O=P(O)(O)O.O=P(O)(O)O.O=P(O)(O)O. The van der Waals surface area contributed by atoms with Gasteiger partial charge in [0.2, 0.25) is 0 Å². The summed E-state index contributed by atoms with van der Waals surface area (Å²) in [5, 5.41) is 0. The zero-order chi connectivity index (χ0) is 20.6. The molecule has 0 aliphatic carbocycles. The molecule has 0 aromatic carbocycles. The molecule has 12 nitrogen and oxygen atoms in total. The Labute approximate surface area is 158 Å². The van der Waals surface area contributed by atoms with E-state index in [9.17, 15) is 0 Å². The Bertz CT molecular complexity index is 325.